The van der Waals surface area contributed by atoms with E-state index >= 15 is 0 Å². The molecule has 0 unspecified atom stereocenters. The fraction of sp³-hybridized carbons (Fsp3) is 0.360. The predicted molar refractivity (Wildman–Crippen MR) is 117 cm³/mol. The first-order valence-corrected chi connectivity index (χ1v) is 11.5. The second-order valence-corrected chi connectivity index (χ2v) is 9.80. The van der Waals surface area contributed by atoms with E-state index in [0.29, 0.717) is 0 Å². The molecule has 3 rings (SSSR count). The maximum Gasteiger partial charge on any atom is 4.00 e. The standard InChI is InChI=1S/C25H31Si.3ClH.Ti/c1-4-5-7-12-22-17-23(16-21-10-8-6-9-11-21)25(18-22)26-24-14-19(2)13-20(3)15-24;;;;/h6,8-11,13-15H,4-5,7,12,16,18,26H2,1-3H3;3*1H;/q-1;;;;+4/p-3. The molecule has 0 saturated carbocycles. The molecule has 0 spiro atoms. The maximum atomic E-state index is 3.83. The fourth-order valence-electron chi connectivity index (χ4n) is 4.01. The molecule has 0 heterocycles. The Balaban J connectivity index is 0. The molecule has 0 aromatic heterocycles. The molecule has 0 saturated heterocycles. The van der Waals surface area contributed by atoms with E-state index in [1.54, 1.807) is 16.0 Å². The van der Waals surface area contributed by atoms with Crippen LogP contribution in [0.1, 0.15) is 55.7 Å². The fourth-order valence-corrected chi connectivity index (χ4v) is 6.20. The summed E-state index contributed by atoms with van der Waals surface area (Å²) in [5, 5.41) is 3.30. The van der Waals surface area contributed by atoms with Crippen molar-refractivity contribution in [1.29, 1.82) is 0 Å². The topological polar surface area (TPSA) is 0 Å². The molecule has 1 aliphatic carbocycles. The third kappa shape index (κ3) is 9.90. The molecule has 0 amide bonds. The van der Waals surface area contributed by atoms with Crippen molar-refractivity contribution in [2.75, 3.05) is 0 Å². The van der Waals surface area contributed by atoms with Crippen molar-refractivity contribution in [3.05, 3.63) is 87.6 Å². The smallest absolute Gasteiger partial charge is 1.00 e. The van der Waals surface area contributed by atoms with E-state index in [-0.39, 0.29) is 58.9 Å². The average Bonchev–Trinajstić information content (AvgIpc) is 2.96. The first-order valence-electron chi connectivity index (χ1n) is 10.1. The summed E-state index contributed by atoms with van der Waals surface area (Å²) in [7, 11) is -0.405. The van der Waals surface area contributed by atoms with Gasteiger partial charge < -0.3 is 37.2 Å². The molecule has 5 heteroatoms. The third-order valence-corrected chi connectivity index (χ3v) is 7.11. The van der Waals surface area contributed by atoms with E-state index in [0.717, 1.165) is 6.42 Å². The summed E-state index contributed by atoms with van der Waals surface area (Å²) >= 11 is 0. The zero-order valence-electron chi connectivity index (χ0n) is 18.2. The Kier molecular flexibility index (Phi) is 17.4. The van der Waals surface area contributed by atoms with Gasteiger partial charge >= 0.3 is 21.7 Å². The molecule has 160 valence electrons. The zero-order chi connectivity index (χ0) is 18.4. The Labute approximate surface area is 219 Å². The van der Waals surface area contributed by atoms with Crippen LogP contribution < -0.4 is 42.4 Å². The second kappa shape index (κ2) is 16.4. The normalized spacial score (nSPS) is 12.6. The molecular formula is C25H31Cl3SiTi. The van der Waals surface area contributed by atoms with Crippen LogP contribution in [0.3, 0.4) is 0 Å². The van der Waals surface area contributed by atoms with Crippen molar-refractivity contribution in [3.63, 3.8) is 0 Å². The number of rotatable bonds is 8. The summed E-state index contributed by atoms with van der Waals surface area (Å²) in [6.07, 6.45) is 11.2. The Morgan fingerprint density at radius 3 is 2.13 bits per heavy atom. The molecule has 0 aliphatic heterocycles. The van der Waals surface area contributed by atoms with Crippen molar-refractivity contribution in [2.24, 2.45) is 0 Å². The van der Waals surface area contributed by atoms with Crippen LogP contribution in [0, 0.1) is 19.9 Å². The average molecular weight is 514 g/mol. The van der Waals surface area contributed by atoms with Gasteiger partial charge in [0, 0.05) is 0 Å². The molecule has 0 atom stereocenters. The third-order valence-electron chi connectivity index (χ3n) is 5.19. The van der Waals surface area contributed by atoms with Crippen LogP contribution in [0.2, 0.25) is 0 Å². The Bertz CT molecular complexity index is 796. The van der Waals surface area contributed by atoms with Gasteiger partial charge in [0.15, 0.2) is 0 Å². The van der Waals surface area contributed by atoms with Crippen molar-refractivity contribution in [2.45, 2.75) is 59.3 Å². The second-order valence-electron chi connectivity index (χ2n) is 7.78. The molecule has 0 fully saturated rings. The minimum Gasteiger partial charge on any atom is -1.00 e. The number of hydrogen-bond donors (Lipinski definition) is 0. The van der Waals surface area contributed by atoms with Crippen molar-refractivity contribution < 1.29 is 58.9 Å². The van der Waals surface area contributed by atoms with Gasteiger partial charge in [0.05, 0.1) is 0 Å². The molecule has 0 bridgehead atoms. The van der Waals surface area contributed by atoms with Crippen LogP contribution >= 0.6 is 0 Å². The van der Waals surface area contributed by atoms with Gasteiger partial charge in [-0.1, -0.05) is 104 Å². The zero-order valence-corrected chi connectivity index (χ0v) is 23.4. The molecule has 2 aromatic carbocycles. The SMILES string of the molecule is CCCCCC1=[C-]C(Cc2ccccc2)=C([SiH2]c2cc(C)cc(C)c2)C1.[Cl-].[Cl-].[Cl-].[Ti+4]. The predicted octanol–water partition coefficient (Wildman–Crippen LogP) is -3.68. The summed E-state index contributed by atoms with van der Waals surface area (Å²) in [4.78, 5) is 0. The summed E-state index contributed by atoms with van der Waals surface area (Å²) < 4.78 is 0. The summed E-state index contributed by atoms with van der Waals surface area (Å²) in [5.74, 6) is 0. The molecule has 30 heavy (non-hydrogen) atoms. The molecule has 0 radical (unpaired) electrons. The van der Waals surface area contributed by atoms with E-state index in [1.807, 2.05) is 0 Å². The van der Waals surface area contributed by atoms with Crippen LogP contribution in [-0.4, -0.2) is 9.52 Å². The summed E-state index contributed by atoms with van der Waals surface area (Å²) in [5.41, 5.74) is 7.26. The van der Waals surface area contributed by atoms with Crippen molar-refractivity contribution in [1.82, 2.24) is 0 Å². The van der Waals surface area contributed by atoms with Gasteiger partial charge in [-0.2, -0.15) is 5.57 Å². The number of halogens is 3. The van der Waals surface area contributed by atoms with Gasteiger partial charge in [0.1, 0.15) is 0 Å². The minimum absolute atomic E-state index is 0. The molecule has 1 aliphatic rings. The van der Waals surface area contributed by atoms with Crippen LogP contribution in [0.25, 0.3) is 0 Å². The monoisotopic (exact) mass is 512 g/mol. The molecule has 0 nitrogen and oxygen atoms in total. The number of hydrogen-bond acceptors (Lipinski definition) is 0. The number of benzene rings is 2. The Morgan fingerprint density at radius 1 is 0.900 bits per heavy atom. The molecule has 2 aromatic rings. The van der Waals surface area contributed by atoms with E-state index in [1.165, 1.54) is 54.4 Å². The van der Waals surface area contributed by atoms with E-state index in [9.17, 15) is 0 Å². The number of unbranched alkanes of at least 4 members (excludes halogenated alkanes) is 2. The van der Waals surface area contributed by atoms with Crippen molar-refractivity contribution in [3.8, 4) is 0 Å². The Morgan fingerprint density at radius 2 is 1.53 bits per heavy atom. The van der Waals surface area contributed by atoms with Gasteiger partial charge in [-0.25, -0.2) is 16.8 Å². The van der Waals surface area contributed by atoms with Gasteiger partial charge in [-0.3, -0.25) is 0 Å². The van der Waals surface area contributed by atoms with Crippen LogP contribution in [0.4, 0.5) is 0 Å². The van der Waals surface area contributed by atoms with Crippen LogP contribution in [-0.2, 0) is 28.1 Å². The van der Waals surface area contributed by atoms with Crippen LogP contribution in [0.15, 0.2) is 64.9 Å². The quantitative estimate of drug-likeness (QED) is 0.194. The summed E-state index contributed by atoms with van der Waals surface area (Å²) in [6, 6.07) is 18.0. The number of allylic oxidation sites excluding steroid dienone is 4. The maximum absolute atomic E-state index is 3.83. The van der Waals surface area contributed by atoms with Gasteiger partial charge in [0.25, 0.3) is 0 Å². The minimum atomic E-state index is -0.405. The van der Waals surface area contributed by atoms with E-state index in [2.05, 4.69) is 75.4 Å². The van der Waals surface area contributed by atoms with Crippen LogP contribution in [0.5, 0.6) is 0 Å². The largest absolute Gasteiger partial charge is 4.00 e. The van der Waals surface area contributed by atoms with E-state index in [4.69, 9.17) is 0 Å². The van der Waals surface area contributed by atoms with Gasteiger partial charge in [0.2, 0.25) is 0 Å². The first-order chi connectivity index (χ1) is 12.6. The molecule has 0 N–H and O–H groups in total. The Hall–Kier alpha value is -0.279. The van der Waals surface area contributed by atoms with E-state index < -0.39 is 9.52 Å². The number of aryl methyl sites for hydroxylation is 2. The van der Waals surface area contributed by atoms with Gasteiger partial charge in [-0.15, -0.1) is 0 Å². The van der Waals surface area contributed by atoms with Crippen molar-refractivity contribution >= 4 is 14.7 Å². The summed E-state index contributed by atoms with van der Waals surface area (Å²) in [6.45, 7) is 6.73. The molecular weight excluding hydrogens is 483 g/mol. The van der Waals surface area contributed by atoms with Gasteiger partial charge in [-0.05, 0) is 35.4 Å². The first kappa shape index (κ1) is 31.9.